The maximum atomic E-state index is 9.64. The Hall–Kier alpha value is -1.34. The molecule has 0 aliphatic heterocycles. The van der Waals surface area contributed by atoms with Crippen LogP contribution in [0.2, 0.25) is 0 Å². The van der Waals surface area contributed by atoms with Gasteiger partial charge in [-0.1, -0.05) is 35.4 Å². The number of hydrogen-bond donors (Lipinski definition) is 0. The molecule has 1 aromatic carbocycles. The van der Waals surface area contributed by atoms with Crippen molar-refractivity contribution in [3.05, 3.63) is 35.4 Å². The zero-order valence-corrected chi connectivity index (χ0v) is 9.30. The molecule has 4 heteroatoms. The molecule has 0 unspecified atom stereocenters. The van der Waals surface area contributed by atoms with Gasteiger partial charge < -0.3 is 0 Å². The molecule has 0 amide bonds. The van der Waals surface area contributed by atoms with Crippen molar-refractivity contribution < 1.29 is 8.42 Å². The summed E-state index contributed by atoms with van der Waals surface area (Å²) in [5, 5.41) is 8.64. The Labute approximate surface area is 84.9 Å². The molecule has 1 aromatic rings. The van der Waals surface area contributed by atoms with E-state index < -0.39 is 9.84 Å². The van der Waals surface area contributed by atoms with E-state index in [4.69, 9.17) is 5.26 Å². The van der Waals surface area contributed by atoms with Crippen molar-refractivity contribution in [3.8, 4) is 5.40 Å². The van der Waals surface area contributed by atoms with Crippen molar-refractivity contribution in [2.24, 2.45) is 0 Å². The van der Waals surface area contributed by atoms with Crippen LogP contribution in [-0.2, 0) is 9.84 Å². The molecule has 0 radical (unpaired) electrons. The second kappa shape index (κ2) is 5.40. The van der Waals surface area contributed by atoms with Gasteiger partial charge in [-0.3, -0.25) is 0 Å². The smallest absolute Gasteiger partial charge is 0.214 e. The van der Waals surface area contributed by atoms with E-state index >= 15 is 0 Å². The average Bonchev–Trinajstić information content (AvgIpc) is 2.10. The van der Waals surface area contributed by atoms with Gasteiger partial charge in [0.15, 0.2) is 5.40 Å². The van der Waals surface area contributed by atoms with Crippen LogP contribution in [0, 0.1) is 24.5 Å². The molecular weight excluding hydrogens is 198 g/mol. The lowest BCUT2D eigenvalue weighted by Crippen LogP contribution is -1.86. The van der Waals surface area contributed by atoms with Crippen LogP contribution in [0.25, 0.3) is 0 Å². The molecule has 76 valence electrons. The lowest BCUT2D eigenvalue weighted by atomic mass is 10.2. The van der Waals surface area contributed by atoms with Crippen LogP contribution in [0.4, 0.5) is 0 Å². The van der Waals surface area contributed by atoms with Crippen LogP contribution in [0.3, 0.4) is 0 Å². The highest BCUT2D eigenvalue weighted by molar-refractivity contribution is 7.95. The molecule has 0 fully saturated rings. The monoisotopic (exact) mass is 211 g/mol. The Morgan fingerprint density at radius 2 is 1.29 bits per heavy atom. The van der Waals surface area contributed by atoms with Crippen LogP contribution in [0.1, 0.15) is 11.1 Å². The molecule has 1 rings (SSSR count). The summed E-state index contributed by atoms with van der Waals surface area (Å²) in [7, 11) is -3.36. The van der Waals surface area contributed by atoms with Crippen molar-refractivity contribution in [1.82, 2.24) is 0 Å². The van der Waals surface area contributed by atoms with Gasteiger partial charge in [0.1, 0.15) is 0 Å². The van der Waals surface area contributed by atoms with Crippen molar-refractivity contribution >= 4 is 9.84 Å². The first-order chi connectivity index (χ1) is 6.35. The summed E-state index contributed by atoms with van der Waals surface area (Å²) in [6, 6.07) is 8.48. The lowest BCUT2D eigenvalue weighted by molar-refractivity contribution is 0.611. The summed E-state index contributed by atoms with van der Waals surface area (Å²) < 4.78 is 19.3. The van der Waals surface area contributed by atoms with E-state index in [0.717, 1.165) is 11.7 Å². The van der Waals surface area contributed by atoms with Gasteiger partial charge in [-0.15, -0.1) is 0 Å². The fourth-order valence-electron chi connectivity index (χ4n) is 0.637. The molecule has 3 nitrogen and oxygen atoms in total. The molecule has 0 spiro atoms. The molecule has 14 heavy (non-hydrogen) atoms. The predicted molar refractivity (Wildman–Crippen MR) is 56.4 cm³/mol. The SMILES string of the molecule is CS(=O)(=O)C#N.Cc1ccc(C)cc1. The number of benzene rings is 1. The van der Waals surface area contributed by atoms with E-state index in [1.807, 2.05) is 0 Å². The zero-order valence-electron chi connectivity index (χ0n) is 8.48. The summed E-state index contributed by atoms with van der Waals surface area (Å²) in [5.74, 6) is 0. The fourth-order valence-corrected chi connectivity index (χ4v) is 0.637. The maximum Gasteiger partial charge on any atom is 0.238 e. The summed E-state index contributed by atoms with van der Waals surface area (Å²) in [6.45, 7) is 4.19. The molecule has 0 N–H and O–H groups in total. The van der Waals surface area contributed by atoms with Gasteiger partial charge in [-0.05, 0) is 13.8 Å². The Balaban J connectivity index is 0.000000255. The maximum absolute atomic E-state index is 9.64. The zero-order chi connectivity index (χ0) is 11.2. The predicted octanol–water partition coefficient (Wildman–Crippen LogP) is 1.82. The van der Waals surface area contributed by atoms with E-state index in [1.54, 1.807) is 0 Å². The average molecular weight is 211 g/mol. The van der Waals surface area contributed by atoms with Gasteiger partial charge in [0.25, 0.3) is 0 Å². The van der Waals surface area contributed by atoms with Crippen LogP contribution >= 0.6 is 0 Å². The number of rotatable bonds is 0. The molecule has 0 heterocycles. The van der Waals surface area contributed by atoms with E-state index in [1.165, 1.54) is 11.1 Å². The topological polar surface area (TPSA) is 57.9 Å². The first-order valence-electron chi connectivity index (χ1n) is 3.99. The Kier molecular flexibility index (Phi) is 4.89. The normalized spacial score (nSPS) is 9.57. The quantitative estimate of drug-likeness (QED) is 0.486. The largest absolute Gasteiger partial charge is 0.238 e. The highest BCUT2D eigenvalue weighted by Gasteiger charge is 1.90. The summed E-state index contributed by atoms with van der Waals surface area (Å²) in [5.41, 5.74) is 2.66. The number of nitriles is 1. The lowest BCUT2D eigenvalue weighted by Gasteiger charge is -1.90. The Morgan fingerprint density at radius 1 is 1.07 bits per heavy atom. The summed E-state index contributed by atoms with van der Waals surface area (Å²) in [6.07, 6.45) is 0.854. The van der Waals surface area contributed by atoms with Gasteiger partial charge in [0, 0.05) is 0 Å². The minimum absolute atomic E-state index is 0.854. The first-order valence-corrected chi connectivity index (χ1v) is 5.88. The van der Waals surface area contributed by atoms with Gasteiger partial charge >= 0.3 is 0 Å². The van der Waals surface area contributed by atoms with Gasteiger partial charge in [-0.2, -0.15) is 5.26 Å². The molecule has 0 atom stereocenters. The first kappa shape index (κ1) is 12.7. The molecule has 0 bridgehead atoms. The number of nitrogens with zero attached hydrogens (tertiary/aromatic N) is 1. The van der Waals surface area contributed by atoms with E-state index in [2.05, 4.69) is 38.1 Å². The Morgan fingerprint density at radius 3 is 1.43 bits per heavy atom. The molecule has 0 aliphatic rings. The minimum atomic E-state index is -3.36. The van der Waals surface area contributed by atoms with Crippen molar-refractivity contribution in [2.75, 3.05) is 6.26 Å². The molecule has 0 saturated carbocycles. The second-order valence-corrected chi connectivity index (χ2v) is 4.75. The number of hydrogen-bond acceptors (Lipinski definition) is 3. The van der Waals surface area contributed by atoms with Crippen LogP contribution < -0.4 is 0 Å². The molecule has 0 aliphatic carbocycles. The highest BCUT2D eigenvalue weighted by atomic mass is 32.2. The molecule has 0 saturated heterocycles. The summed E-state index contributed by atoms with van der Waals surface area (Å²) >= 11 is 0. The number of thiocyanates is 1. The van der Waals surface area contributed by atoms with Crippen LogP contribution in [-0.4, -0.2) is 14.7 Å². The number of aryl methyl sites for hydroxylation is 2. The molecule has 0 aromatic heterocycles. The van der Waals surface area contributed by atoms with Crippen molar-refractivity contribution in [2.45, 2.75) is 13.8 Å². The minimum Gasteiger partial charge on any atom is -0.214 e. The molecular formula is C10H13NO2S. The van der Waals surface area contributed by atoms with E-state index in [0.29, 0.717) is 0 Å². The van der Waals surface area contributed by atoms with E-state index in [-0.39, 0.29) is 0 Å². The Bertz CT molecular complexity index is 391. The van der Waals surface area contributed by atoms with Crippen LogP contribution in [0.15, 0.2) is 24.3 Å². The van der Waals surface area contributed by atoms with E-state index in [9.17, 15) is 8.42 Å². The van der Waals surface area contributed by atoms with Crippen molar-refractivity contribution in [3.63, 3.8) is 0 Å². The third kappa shape index (κ3) is 7.32. The highest BCUT2D eigenvalue weighted by Crippen LogP contribution is 1.99. The summed E-state index contributed by atoms with van der Waals surface area (Å²) in [4.78, 5) is 0. The standard InChI is InChI=1S/C8H10.C2H3NO2S/c1-7-3-5-8(2)6-4-7;1-6(4,5)2-3/h3-6H,1-2H3;1H3. The van der Waals surface area contributed by atoms with Gasteiger partial charge in [-0.25, -0.2) is 8.42 Å². The third-order valence-corrected chi connectivity index (χ3v) is 1.72. The van der Waals surface area contributed by atoms with Crippen molar-refractivity contribution in [1.29, 1.82) is 5.26 Å². The third-order valence-electron chi connectivity index (χ3n) is 1.38. The number of sulfone groups is 1. The second-order valence-electron chi connectivity index (χ2n) is 3.02. The van der Waals surface area contributed by atoms with Gasteiger partial charge in [0.05, 0.1) is 6.26 Å². The van der Waals surface area contributed by atoms with Crippen LogP contribution in [0.5, 0.6) is 0 Å². The fraction of sp³-hybridized carbons (Fsp3) is 0.300. The van der Waals surface area contributed by atoms with Gasteiger partial charge in [0.2, 0.25) is 9.84 Å².